The first-order chi connectivity index (χ1) is 11.8. The first-order valence-electron chi connectivity index (χ1n) is 9.02. The number of rotatable bonds is 4. The van der Waals surface area contributed by atoms with Crippen molar-refractivity contribution in [3.05, 3.63) is 17.5 Å². The van der Waals surface area contributed by atoms with Crippen molar-refractivity contribution >= 4 is 5.91 Å². The molecule has 1 amide bonds. The number of aromatic nitrogens is 1. The zero-order chi connectivity index (χ0) is 18.1. The molecule has 0 radical (unpaired) electrons. The number of carbonyl (C=O) groups is 1. The topological polar surface area (TPSA) is 79.0 Å². The van der Waals surface area contributed by atoms with Crippen LogP contribution in [0, 0.1) is 12.3 Å². The molecule has 7 heteroatoms. The monoisotopic (exact) mass is 351 g/mol. The summed E-state index contributed by atoms with van der Waals surface area (Å²) < 4.78 is 10.5. The standard InChI is InChI=1S/C18H29N3O4/c1-14-10-15(25-19-14)11-16(22)21-5-4-18(23,17(2,3)12-21)13-20-6-8-24-9-7-20/h10,23H,4-9,11-13H2,1-3H3/t18-/m1/s1. The third-order valence-corrected chi connectivity index (χ3v) is 5.59. The van der Waals surface area contributed by atoms with E-state index in [0.717, 1.165) is 32.0 Å². The van der Waals surface area contributed by atoms with E-state index in [9.17, 15) is 9.90 Å². The second-order valence-electron chi connectivity index (χ2n) is 7.98. The summed E-state index contributed by atoms with van der Waals surface area (Å²) in [6, 6.07) is 1.79. The zero-order valence-electron chi connectivity index (χ0n) is 15.5. The van der Waals surface area contributed by atoms with Crippen LogP contribution in [0.5, 0.6) is 0 Å². The summed E-state index contributed by atoms with van der Waals surface area (Å²) in [6.45, 7) is 10.8. The fraction of sp³-hybridized carbons (Fsp3) is 0.778. The van der Waals surface area contributed by atoms with E-state index in [-0.39, 0.29) is 17.7 Å². The summed E-state index contributed by atoms with van der Waals surface area (Å²) in [4.78, 5) is 16.7. The Kier molecular flexibility index (Phi) is 5.18. The number of aryl methyl sites for hydroxylation is 1. The molecule has 1 aromatic heterocycles. The molecule has 7 nitrogen and oxygen atoms in total. The molecule has 2 aliphatic heterocycles. The highest BCUT2D eigenvalue weighted by Gasteiger charge is 2.49. The van der Waals surface area contributed by atoms with E-state index in [4.69, 9.17) is 9.26 Å². The number of nitrogens with zero attached hydrogens (tertiary/aromatic N) is 3. The maximum Gasteiger partial charge on any atom is 0.230 e. The molecule has 3 heterocycles. The van der Waals surface area contributed by atoms with Crippen LogP contribution < -0.4 is 0 Å². The summed E-state index contributed by atoms with van der Waals surface area (Å²) in [6.07, 6.45) is 0.803. The highest BCUT2D eigenvalue weighted by Crippen LogP contribution is 2.39. The molecule has 1 N–H and O–H groups in total. The molecule has 140 valence electrons. The van der Waals surface area contributed by atoms with E-state index in [1.54, 1.807) is 6.07 Å². The lowest BCUT2D eigenvalue weighted by atomic mass is 9.69. The van der Waals surface area contributed by atoms with Gasteiger partial charge in [-0.05, 0) is 13.3 Å². The van der Waals surface area contributed by atoms with Crippen LogP contribution in [0.4, 0.5) is 0 Å². The van der Waals surface area contributed by atoms with Gasteiger partial charge < -0.3 is 19.3 Å². The lowest BCUT2D eigenvalue weighted by Gasteiger charge is -2.52. The molecule has 2 saturated heterocycles. The number of hydrogen-bond acceptors (Lipinski definition) is 6. The maximum absolute atomic E-state index is 12.6. The molecule has 0 aliphatic carbocycles. The number of piperidine rings is 1. The van der Waals surface area contributed by atoms with Gasteiger partial charge in [-0.25, -0.2) is 0 Å². The van der Waals surface area contributed by atoms with Crippen LogP contribution in [-0.2, 0) is 16.0 Å². The molecule has 1 aromatic rings. The lowest BCUT2D eigenvalue weighted by Crippen LogP contribution is -2.63. The van der Waals surface area contributed by atoms with Gasteiger partial charge in [-0.2, -0.15) is 0 Å². The van der Waals surface area contributed by atoms with Crippen LogP contribution in [-0.4, -0.2) is 77.5 Å². The largest absolute Gasteiger partial charge is 0.388 e. The summed E-state index contributed by atoms with van der Waals surface area (Å²) >= 11 is 0. The van der Waals surface area contributed by atoms with Crippen molar-refractivity contribution in [3.63, 3.8) is 0 Å². The Bertz CT molecular complexity index is 609. The fourth-order valence-electron chi connectivity index (χ4n) is 3.76. The minimum absolute atomic E-state index is 0.0256. The second kappa shape index (κ2) is 7.05. The predicted molar refractivity (Wildman–Crippen MR) is 92.1 cm³/mol. The molecular weight excluding hydrogens is 322 g/mol. The number of aliphatic hydroxyl groups is 1. The van der Waals surface area contributed by atoms with Gasteiger partial charge in [0.1, 0.15) is 5.76 Å². The van der Waals surface area contributed by atoms with Crippen molar-refractivity contribution in [2.24, 2.45) is 5.41 Å². The average molecular weight is 351 g/mol. The van der Waals surface area contributed by atoms with Gasteiger partial charge in [-0.1, -0.05) is 19.0 Å². The van der Waals surface area contributed by atoms with Gasteiger partial charge in [0.05, 0.1) is 30.9 Å². The van der Waals surface area contributed by atoms with Crippen molar-refractivity contribution in [2.45, 2.75) is 39.2 Å². The Labute approximate surface area is 148 Å². The molecule has 2 aliphatic rings. The molecule has 2 fully saturated rings. The molecule has 0 saturated carbocycles. The normalized spacial score (nSPS) is 27.4. The Balaban J connectivity index is 1.61. The Morgan fingerprint density at radius 3 is 2.64 bits per heavy atom. The van der Waals surface area contributed by atoms with E-state index >= 15 is 0 Å². The number of morpholine rings is 1. The quantitative estimate of drug-likeness (QED) is 0.866. The van der Waals surface area contributed by atoms with E-state index < -0.39 is 5.60 Å². The van der Waals surface area contributed by atoms with Gasteiger partial charge in [0.2, 0.25) is 5.91 Å². The summed E-state index contributed by atoms with van der Waals surface area (Å²) in [5.74, 6) is 0.618. The van der Waals surface area contributed by atoms with Gasteiger partial charge in [-0.15, -0.1) is 0 Å². The summed E-state index contributed by atoms with van der Waals surface area (Å²) in [5, 5.41) is 15.1. The van der Waals surface area contributed by atoms with Crippen LogP contribution in [0.1, 0.15) is 31.7 Å². The third kappa shape index (κ3) is 4.04. The van der Waals surface area contributed by atoms with Gasteiger partial charge in [0.15, 0.2) is 0 Å². The van der Waals surface area contributed by atoms with Crippen molar-refractivity contribution < 1.29 is 19.2 Å². The summed E-state index contributed by atoms with van der Waals surface area (Å²) in [7, 11) is 0. The van der Waals surface area contributed by atoms with E-state index in [0.29, 0.717) is 31.8 Å². The van der Waals surface area contributed by atoms with Crippen LogP contribution in [0.3, 0.4) is 0 Å². The number of hydrogen-bond donors (Lipinski definition) is 1. The molecular formula is C18H29N3O4. The van der Waals surface area contributed by atoms with Crippen LogP contribution in [0.25, 0.3) is 0 Å². The van der Waals surface area contributed by atoms with Gasteiger partial charge in [0.25, 0.3) is 0 Å². The minimum Gasteiger partial charge on any atom is -0.388 e. The second-order valence-corrected chi connectivity index (χ2v) is 7.98. The van der Waals surface area contributed by atoms with Crippen LogP contribution in [0.15, 0.2) is 10.6 Å². The van der Waals surface area contributed by atoms with Crippen LogP contribution in [0.2, 0.25) is 0 Å². The SMILES string of the molecule is Cc1cc(CC(=O)N2CC[C@@](O)(CN3CCOCC3)C(C)(C)C2)on1. The zero-order valence-corrected chi connectivity index (χ0v) is 15.5. The van der Waals surface area contributed by atoms with Crippen molar-refractivity contribution in [2.75, 3.05) is 45.9 Å². The number of β-amino-alcohol motifs (C(OH)–C–C–N with tert-alkyl or cyclic N) is 1. The van der Waals surface area contributed by atoms with Crippen molar-refractivity contribution in [1.29, 1.82) is 0 Å². The first-order valence-corrected chi connectivity index (χ1v) is 9.02. The maximum atomic E-state index is 12.6. The van der Waals surface area contributed by atoms with E-state index in [1.165, 1.54) is 0 Å². The Hall–Kier alpha value is -1.44. The molecule has 0 unspecified atom stereocenters. The van der Waals surface area contributed by atoms with Gasteiger partial charge >= 0.3 is 0 Å². The molecule has 0 aromatic carbocycles. The third-order valence-electron chi connectivity index (χ3n) is 5.59. The van der Waals surface area contributed by atoms with Crippen molar-refractivity contribution in [1.82, 2.24) is 15.0 Å². The number of likely N-dealkylation sites (tertiary alicyclic amines) is 1. The molecule has 25 heavy (non-hydrogen) atoms. The smallest absolute Gasteiger partial charge is 0.230 e. The minimum atomic E-state index is -0.802. The van der Waals surface area contributed by atoms with E-state index in [2.05, 4.69) is 10.1 Å². The highest BCUT2D eigenvalue weighted by molar-refractivity contribution is 5.78. The summed E-state index contributed by atoms with van der Waals surface area (Å²) in [5.41, 5.74) is -0.401. The average Bonchev–Trinajstić information content (AvgIpc) is 2.96. The molecule has 0 spiro atoms. The number of carbonyl (C=O) groups excluding carboxylic acids is 1. The van der Waals surface area contributed by atoms with Gasteiger partial charge in [0, 0.05) is 44.2 Å². The van der Waals surface area contributed by atoms with Gasteiger partial charge in [-0.3, -0.25) is 9.69 Å². The molecule has 0 bridgehead atoms. The van der Waals surface area contributed by atoms with Crippen molar-refractivity contribution in [3.8, 4) is 0 Å². The first kappa shape index (κ1) is 18.4. The molecule has 1 atom stereocenters. The predicted octanol–water partition coefficient (Wildman–Crippen LogP) is 0.847. The Morgan fingerprint density at radius 1 is 1.32 bits per heavy atom. The molecule has 3 rings (SSSR count). The fourth-order valence-corrected chi connectivity index (χ4v) is 3.76. The number of amides is 1. The van der Waals surface area contributed by atoms with Crippen LogP contribution >= 0.6 is 0 Å². The highest BCUT2D eigenvalue weighted by atomic mass is 16.5. The lowest BCUT2D eigenvalue weighted by molar-refractivity contribution is -0.157. The van der Waals surface area contributed by atoms with E-state index in [1.807, 2.05) is 25.7 Å². The Morgan fingerprint density at radius 2 is 2.04 bits per heavy atom. The number of ether oxygens (including phenoxy) is 1.